The number of carbonyl (C=O) groups is 2. The minimum atomic E-state index is -4.17. The second-order valence-electron chi connectivity index (χ2n) is 9.90. The number of nitrogens with one attached hydrogen (secondary N) is 1. The van der Waals surface area contributed by atoms with E-state index in [1.807, 2.05) is 51.1 Å². The van der Waals surface area contributed by atoms with Crippen molar-refractivity contribution in [2.24, 2.45) is 0 Å². The summed E-state index contributed by atoms with van der Waals surface area (Å²) in [4.78, 5) is 29.0. The molecule has 2 amide bonds. The van der Waals surface area contributed by atoms with Crippen LogP contribution >= 0.6 is 0 Å². The quantitative estimate of drug-likeness (QED) is 0.342. The van der Waals surface area contributed by atoms with Gasteiger partial charge < -0.3 is 19.7 Å². The van der Waals surface area contributed by atoms with Crippen molar-refractivity contribution in [1.29, 1.82) is 0 Å². The third-order valence-corrected chi connectivity index (χ3v) is 8.79. The van der Waals surface area contributed by atoms with Crippen LogP contribution in [0.2, 0.25) is 0 Å². The lowest BCUT2D eigenvalue weighted by atomic mass is 10.1. The van der Waals surface area contributed by atoms with Crippen LogP contribution in [0.15, 0.2) is 83.8 Å². The number of hydrogen-bond acceptors (Lipinski definition) is 6. The minimum Gasteiger partial charge on any atom is -0.486 e. The molecule has 218 valence electrons. The van der Waals surface area contributed by atoms with Gasteiger partial charge in [0.15, 0.2) is 11.5 Å². The second kappa shape index (κ2) is 13.5. The van der Waals surface area contributed by atoms with Gasteiger partial charge in [0.05, 0.1) is 10.6 Å². The Morgan fingerprint density at radius 2 is 1.51 bits per heavy atom. The van der Waals surface area contributed by atoms with Gasteiger partial charge in [-0.05, 0) is 49.6 Å². The summed E-state index contributed by atoms with van der Waals surface area (Å²) in [5.41, 5.74) is 1.08. The molecule has 0 saturated heterocycles. The van der Waals surface area contributed by atoms with Gasteiger partial charge in [-0.2, -0.15) is 0 Å². The number of fused-ring (bicyclic) bond motifs is 1. The van der Waals surface area contributed by atoms with Crippen molar-refractivity contribution in [3.05, 3.63) is 84.4 Å². The predicted molar refractivity (Wildman–Crippen MR) is 157 cm³/mol. The maximum absolute atomic E-state index is 14.1. The van der Waals surface area contributed by atoms with Crippen LogP contribution in [0.5, 0.6) is 11.5 Å². The molecule has 2 atom stereocenters. The Morgan fingerprint density at radius 1 is 0.878 bits per heavy atom. The first-order chi connectivity index (χ1) is 19.7. The van der Waals surface area contributed by atoms with Crippen molar-refractivity contribution in [3.8, 4) is 11.5 Å². The van der Waals surface area contributed by atoms with E-state index in [2.05, 4.69) is 5.32 Å². The van der Waals surface area contributed by atoms with E-state index in [0.717, 1.165) is 16.3 Å². The van der Waals surface area contributed by atoms with Crippen molar-refractivity contribution in [2.75, 3.05) is 24.1 Å². The molecule has 9 nitrogen and oxygen atoms in total. The summed E-state index contributed by atoms with van der Waals surface area (Å²) in [6.45, 7) is 6.06. The van der Waals surface area contributed by atoms with E-state index in [9.17, 15) is 18.0 Å². The molecule has 1 N–H and O–H groups in total. The fourth-order valence-electron chi connectivity index (χ4n) is 4.58. The second-order valence-corrected chi connectivity index (χ2v) is 11.8. The van der Waals surface area contributed by atoms with Crippen molar-refractivity contribution < 1.29 is 27.5 Å². The fraction of sp³-hybridized carbons (Fsp3) is 0.355. The molecule has 3 aromatic carbocycles. The fourth-order valence-corrected chi connectivity index (χ4v) is 6.00. The maximum Gasteiger partial charge on any atom is 0.264 e. The molecule has 1 heterocycles. The Bertz CT molecular complexity index is 1430. The van der Waals surface area contributed by atoms with Crippen molar-refractivity contribution in [2.45, 2.75) is 57.1 Å². The highest BCUT2D eigenvalue weighted by Gasteiger charge is 2.34. The number of sulfonamides is 1. The molecule has 0 saturated carbocycles. The molecule has 10 heteroatoms. The van der Waals surface area contributed by atoms with Crippen LogP contribution < -0.4 is 19.1 Å². The molecular weight excluding hydrogens is 542 g/mol. The number of amides is 2. The lowest BCUT2D eigenvalue weighted by molar-refractivity contribution is -0.140. The van der Waals surface area contributed by atoms with Gasteiger partial charge in [-0.3, -0.25) is 13.9 Å². The molecule has 0 unspecified atom stereocenters. The lowest BCUT2D eigenvalue weighted by Crippen LogP contribution is -2.53. The summed E-state index contributed by atoms with van der Waals surface area (Å²) in [7, 11) is -4.17. The third kappa shape index (κ3) is 7.18. The van der Waals surface area contributed by atoms with E-state index < -0.39 is 28.5 Å². The van der Waals surface area contributed by atoms with Crippen molar-refractivity contribution in [3.63, 3.8) is 0 Å². The predicted octanol–water partition coefficient (Wildman–Crippen LogP) is 4.38. The van der Waals surface area contributed by atoms with E-state index in [1.165, 1.54) is 17.0 Å². The summed E-state index contributed by atoms with van der Waals surface area (Å²) >= 11 is 0. The summed E-state index contributed by atoms with van der Waals surface area (Å²) < 4.78 is 40.3. The van der Waals surface area contributed by atoms with E-state index in [0.29, 0.717) is 31.1 Å². The van der Waals surface area contributed by atoms with Crippen LogP contribution in [0.1, 0.15) is 39.2 Å². The van der Waals surface area contributed by atoms with Gasteiger partial charge in [-0.15, -0.1) is 0 Å². The van der Waals surface area contributed by atoms with Gasteiger partial charge in [0, 0.05) is 18.7 Å². The molecule has 3 aromatic rings. The molecule has 0 bridgehead atoms. The number of nitrogens with zero attached hydrogens (tertiary/aromatic N) is 2. The minimum absolute atomic E-state index is 0.0406. The third-order valence-electron chi connectivity index (χ3n) is 7.01. The SMILES string of the molecule is CC[C@@H](C)NC(=O)[C@@H](CC)N(Cc1ccccc1)C(=O)CN(c1ccc2c(c1)OCCO2)S(=O)(=O)c1ccccc1. The number of benzene rings is 3. The van der Waals surface area contributed by atoms with Gasteiger partial charge in [0.1, 0.15) is 25.8 Å². The molecule has 0 fully saturated rings. The number of carbonyl (C=O) groups excluding carboxylic acids is 2. The van der Waals surface area contributed by atoms with Crippen molar-refractivity contribution >= 4 is 27.5 Å². The number of hydrogen-bond donors (Lipinski definition) is 1. The molecule has 0 spiro atoms. The monoisotopic (exact) mass is 579 g/mol. The first kappa shape index (κ1) is 29.9. The smallest absolute Gasteiger partial charge is 0.264 e. The largest absolute Gasteiger partial charge is 0.486 e. The molecule has 0 radical (unpaired) electrons. The molecule has 0 aliphatic carbocycles. The summed E-state index contributed by atoms with van der Waals surface area (Å²) in [5.74, 6) is 0.120. The van der Waals surface area contributed by atoms with E-state index in [-0.39, 0.29) is 29.1 Å². The van der Waals surface area contributed by atoms with Crippen LogP contribution in [0, 0.1) is 0 Å². The van der Waals surface area contributed by atoms with Gasteiger partial charge in [0.2, 0.25) is 11.8 Å². The van der Waals surface area contributed by atoms with Gasteiger partial charge in [0.25, 0.3) is 10.0 Å². The van der Waals surface area contributed by atoms with E-state index >= 15 is 0 Å². The van der Waals surface area contributed by atoms with Crippen LogP contribution in [0.25, 0.3) is 0 Å². The zero-order chi connectivity index (χ0) is 29.4. The first-order valence-electron chi connectivity index (χ1n) is 13.9. The average Bonchev–Trinajstić information content (AvgIpc) is 3.00. The highest BCUT2D eigenvalue weighted by Crippen LogP contribution is 2.36. The lowest BCUT2D eigenvalue weighted by Gasteiger charge is -2.34. The molecule has 4 rings (SSSR count). The summed E-state index contributed by atoms with van der Waals surface area (Å²) in [5, 5.41) is 2.98. The standard InChI is InChI=1S/C31H37N3O6S/c1-4-23(3)32-31(36)27(5-2)33(21-24-12-8-6-9-13-24)30(35)22-34(41(37,38)26-14-10-7-11-15-26)25-16-17-28-29(20-25)40-19-18-39-28/h6-17,20,23,27H,4-5,18-19,21-22H2,1-3H3,(H,32,36)/t23-,27-/m1/s1. The van der Waals surface area contributed by atoms with Gasteiger partial charge in [-0.1, -0.05) is 62.4 Å². The van der Waals surface area contributed by atoms with Crippen LogP contribution in [0.4, 0.5) is 5.69 Å². The molecule has 41 heavy (non-hydrogen) atoms. The molecular formula is C31H37N3O6S. The zero-order valence-electron chi connectivity index (χ0n) is 23.7. The number of rotatable bonds is 12. The Hall–Kier alpha value is -4.05. The normalized spacial score (nSPS) is 14.0. The van der Waals surface area contributed by atoms with Crippen molar-refractivity contribution in [1.82, 2.24) is 10.2 Å². The van der Waals surface area contributed by atoms with Crippen LogP contribution in [-0.2, 0) is 26.2 Å². The Balaban J connectivity index is 1.74. The topological polar surface area (TPSA) is 105 Å². The molecule has 1 aliphatic rings. The van der Waals surface area contributed by atoms with Crippen LogP contribution in [0.3, 0.4) is 0 Å². The number of ether oxygens (including phenoxy) is 2. The Labute approximate surface area is 242 Å². The maximum atomic E-state index is 14.1. The van der Waals surface area contributed by atoms with Crippen LogP contribution in [-0.4, -0.2) is 57.0 Å². The van der Waals surface area contributed by atoms with Gasteiger partial charge >= 0.3 is 0 Å². The highest BCUT2D eigenvalue weighted by atomic mass is 32.2. The summed E-state index contributed by atoms with van der Waals surface area (Å²) in [6.07, 6.45) is 1.10. The van der Waals surface area contributed by atoms with Gasteiger partial charge in [-0.25, -0.2) is 8.42 Å². The highest BCUT2D eigenvalue weighted by molar-refractivity contribution is 7.92. The summed E-state index contributed by atoms with van der Waals surface area (Å²) in [6, 6.07) is 21.2. The first-order valence-corrected chi connectivity index (χ1v) is 15.3. The molecule has 1 aliphatic heterocycles. The Morgan fingerprint density at radius 3 is 2.15 bits per heavy atom. The number of anilines is 1. The van der Waals surface area contributed by atoms with E-state index in [4.69, 9.17) is 9.47 Å². The van der Waals surface area contributed by atoms with E-state index in [1.54, 1.807) is 36.4 Å². The Kier molecular flexibility index (Phi) is 9.88. The molecule has 0 aromatic heterocycles. The zero-order valence-corrected chi connectivity index (χ0v) is 24.5. The average molecular weight is 580 g/mol.